The van der Waals surface area contributed by atoms with E-state index in [0.717, 1.165) is 17.7 Å². The quantitative estimate of drug-likeness (QED) is 0.764. The van der Waals surface area contributed by atoms with Crippen LogP contribution in [-0.2, 0) is 22.3 Å². The van der Waals surface area contributed by atoms with Gasteiger partial charge in [0.15, 0.2) is 5.69 Å². The third-order valence-electron chi connectivity index (χ3n) is 2.67. The van der Waals surface area contributed by atoms with E-state index in [1.165, 1.54) is 0 Å². The zero-order chi connectivity index (χ0) is 11.5. The molecule has 5 heteroatoms. The SMILES string of the molecule is CCOC(=O)c1n[nH]c2c1CC(C)OCC2. The molecule has 1 aromatic rings. The van der Waals surface area contributed by atoms with Crippen LogP contribution in [0.15, 0.2) is 0 Å². The van der Waals surface area contributed by atoms with E-state index in [2.05, 4.69) is 10.2 Å². The summed E-state index contributed by atoms with van der Waals surface area (Å²) in [6.07, 6.45) is 1.60. The second-order valence-corrected chi connectivity index (χ2v) is 3.89. The molecule has 0 aromatic carbocycles. The van der Waals surface area contributed by atoms with E-state index in [1.807, 2.05) is 6.92 Å². The summed E-state index contributed by atoms with van der Waals surface area (Å²) in [5.74, 6) is -0.353. The maximum Gasteiger partial charge on any atom is 0.359 e. The molecule has 1 aromatic heterocycles. The Hall–Kier alpha value is -1.36. The first kappa shape index (κ1) is 11.1. The van der Waals surface area contributed by atoms with Crippen molar-refractivity contribution in [1.82, 2.24) is 10.2 Å². The van der Waals surface area contributed by atoms with Crippen molar-refractivity contribution in [2.75, 3.05) is 13.2 Å². The van der Waals surface area contributed by atoms with E-state index in [9.17, 15) is 4.79 Å². The van der Waals surface area contributed by atoms with Gasteiger partial charge in [0.2, 0.25) is 0 Å². The van der Waals surface area contributed by atoms with Crippen LogP contribution in [0.3, 0.4) is 0 Å². The number of H-pyrrole nitrogens is 1. The summed E-state index contributed by atoms with van der Waals surface area (Å²) >= 11 is 0. The molecule has 1 aliphatic rings. The van der Waals surface area contributed by atoms with Crippen LogP contribution in [0.2, 0.25) is 0 Å². The third-order valence-corrected chi connectivity index (χ3v) is 2.67. The van der Waals surface area contributed by atoms with Gasteiger partial charge in [-0.3, -0.25) is 5.10 Å². The van der Waals surface area contributed by atoms with Crippen molar-refractivity contribution in [2.24, 2.45) is 0 Å². The maximum absolute atomic E-state index is 11.7. The molecule has 1 N–H and O–H groups in total. The van der Waals surface area contributed by atoms with Crippen molar-refractivity contribution in [3.05, 3.63) is 17.0 Å². The van der Waals surface area contributed by atoms with E-state index < -0.39 is 0 Å². The molecule has 2 heterocycles. The topological polar surface area (TPSA) is 64.2 Å². The number of aromatic nitrogens is 2. The number of esters is 1. The molecule has 5 nitrogen and oxygen atoms in total. The molecular weight excluding hydrogens is 208 g/mol. The zero-order valence-electron chi connectivity index (χ0n) is 9.58. The first-order valence-corrected chi connectivity index (χ1v) is 5.57. The summed E-state index contributed by atoms with van der Waals surface area (Å²) in [4.78, 5) is 11.7. The van der Waals surface area contributed by atoms with Crippen LogP contribution < -0.4 is 0 Å². The zero-order valence-corrected chi connectivity index (χ0v) is 9.58. The van der Waals surface area contributed by atoms with E-state index in [1.54, 1.807) is 6.92 Å². The fourth-order valence-electron chi connectivity index (χ4n) is 1.90. The number of hydrogen-bond donors (Lipinski definition) is 1. The molecule has 0 aliphatic carbocycles. The molecule has 0 fully saturated rings. The smallest absolute Gasteiger partial charge is 0.359 e. The lowest BCUT2D eigenvalue weighted by molar-refractivity contribution is 0.0514. The molecule has 1 atom stereocenters. The van der Waals surface area contributed by atoms with Gasteiger partial charge in [-0.1, -0.05) is 0 Å². The van der Waals surface area contributed by atoms with E-state index in [0.29, 0.717) is 25.3 Å². The van der Waals surface area contributed by atoms with Crippen molar-refractivity contribution >= 4 is 5.97 Å². The Bertz CT molecular complexity index is 387. The molecule has 2 rings (SSSR count). The lowest BCUT2D eigenvalue weighted by atomic mass is 10.1. The van der Waals surface area contributed by atoms with Gasteiger partial charge in [-0.25, -0.2) is 4.79 Å². The average Bonchev–Trinajstić information content (AvgIpc) is 2.53. The van der Waals surface area contributed by atoms with Gasteiger partial charge in [0, 0.05) is 24.1 Å². The van der Waals surface area contributed by atoms with E-state index in [4.69, 9.17) is 9.47 Å². The number of carbonyl (C=O) groups is 1. The maximum atomic E-state index is 11.7. The minimum absolute atomic E-state index is 0.118. The molecular formula is C11H16N2O3. The highest BCUT2D eigenvalue weighted by Crippen LogP contribution is 2.19. The number of nitrogens with one attached hydrogen (secondary N) is 1. The lowest BCUT2D eigenvalue weighted by Gasteiger charge is -2.08. The van der Waals surface area contributed by atoms with Crippen molar-refractivity contribution in [3.63, 3.8) is 0 Å². The summed E-state index contributed by atoms with van der Waals surface area (Å²) in [5, 5.41) is 6.93. The van der Waals surface area contributed by atoms with Crippen LogP contribution >= 0.6 is 0 Å². The van der Waals surface area contributed by atoms with Crippen molar-refractivity contribution in [2.45, 2.75) is 32.8 Å². The van der Waals surface area contributed by atoms with Gasteiger partial charge in [-0.2, -0.15) is 5.10 Å². The van der Waals surface area contributed by atoms with Crippen LogP contribution in [-0.4, -0.2) is 35.5 Å². The first-order valence-electron chi connectivity index (χ1n) is 5.57. The molecule has 0 saturated carbocycles. The average molecular weight is 224 g/mol. The Morgan fingerprint density at radius 3 is 3.25 bits per heavy atom. The molecule has 16 heavy (non-hydrogen) atoms. The Balaban J connectivity index is 2.27. The normalized spacial score (nSPS) is 20.0. The third kappa shape index (κ3) is 2.09. The van der Waals surface area contributed by atoms with Crippen LogP contribution in [0.4, 0.5) is 0 Å². The molecule has 0 radical (unpaired) electrons. The van der Waals surface area contributed by atoms with Gasteiger partial charge in [0.05, 0.1) is 19.3 Å². The number of rotatable bonds is 2. The van der Waals surface area contributed by atoms with Crippen LogP contribution in [0.5, 0.6) is 0 Å². The van der Waals surface area contributed by atoms with Crippen molar-refractivity contribution in [1.29, 1.82) is 0 Å². The molecule has 1 unspecified atom stereocenters. The van der Waals surface area contributed by atoms with Gasteiger partial charge in [0.25, 0.3) is 0 Å². The summed E-state index contributed by atoms with van der Waals surface area (Å²) in [6.45, 7) is 4.82. The molecule has 0 spiro atoms. The Morgan fingerprint density at radius 1 is 1.69 bits per heavy atom. The molecule has 0 bridgehead atoms. The van der Waals surface area contributed by atoms with Gasteiger partial charge in [-0.15, -0.1) is 0 Å². The van der Waals surface area contributed by atoms with Gasteiger partial charge >= 0.3 is 5.97 Å². The van der Waals surface area contributed by atoms with Crippen LogP contribution in [0.1, 0.15) is 35.6 Å². The second kappa shape index (κ2) is 4.65. The predicted octanol–water partition coefficient (Wildman–Crippen LogP) is 1.09. The van der Waals surface area contributed by atoms with Gasteiger partial charge in [-0.05, 0) is 13.8 Å². The second-order valence-electron chi connectivity index (χ2n) is 3.89. The van der Waals surface area contributed by atoms with Crippen LogP contribution in [0.25, 0.3) is 0 Å². The van der Waals surface area contributed by atoms with Gasteiger partial charge < -0.3 is 9.47 Å². The predicted molar refractivity (Wildman–Crippen MR) is 57.4 cm³/mol. The standard InChI is InChI=1S/C11H16N2O3/c1-3-15-11(14)10-8-6-7(2)16-5-4-9(8)12-13-10/h7H,3-6H2,1-2H3,(H,12,13). The Labute approximate surface area is 94.1 Å². The minimum Gasteiger partial charge on any atom is -0.461 e. The minimum atomic E-state index is -0.353. The highest BCUT2D eigenvalue weighted by Gasteiger charge is 2.24. The van der Waals surface area contributed by atoms with Crippen molar-refractivity contribution < 1.29 is 14.3 Å². The summed E-state index contributed by atoms with van der Waals surface area (Å²) < 4.78 is 10.5. The molecule has 0 saturated heterocycles. The number of fused-ring (bicyclic) bond motifs is 1. The van der Waals surface area contributed by atoms with Crippen molar-refractivity contribution in [3.8, 4) is 0 Å². The fourth-order valence-corrected chi connectivity index (χ4v) is 1.90. The molecule has 0 amide bonds. The number of hydrogen-bond acceptors (Lipinski definition) is 4. The van der Waals surface area contributed by atoms with Gasteiger partial charge in [0.1, 0.15) is 0 Å². The molecule has 88 valence electrons. The Morgan fingerprint density at radius 2 is 2.50 bits per heavy atom. The summed E-state index contributed by atoms with van der Waals surface area (Å²) in [7, 11) is 0. The monoisotopic (exact) mass is 224 g/mol. The van der Waals surface area contributed by atoms with E-state index in [-0.39, 0.29) is 12.1 Å². The highest BCUT2D eigenvalue weighted by atomic mass is 16.5. The van der Waals surface area contributed by atoms with Crippen LogP contribution in [0, 0.1) is 0 Å². The highest BCUT2D eigenvalue weighted by molar-refractivity contribution is 5.89. The largest absolute Gasteiger partial charge is 0.461 e. The first-order chi connectivity index (χ1) is 7.72. The summed E-state index contributed by atoms with van der Waals surface area (Å²) in [6, 6.07) is 0. The lowest BCUT2D eigenvalue weighted by Crippen LogP contribution is -2.13. The number of nitrogens with zero attached hydrogens (tertiary/aromatic N) is 1. The number of aromatic amines is 1. The van der Waals surface area contributed by atoms with E-state index >= 15 is 0 Å². The Kier molecular flexibility index (Phi) is 3.24. The number of ether oxygens (including phenoxy) is 2. The fraction of sp³-hybridized carbons (Fsp3) is 0.636. The number of carbonyl (C=O) groups excluding carboxylic acids is 1. The summed E-state index contributed by atoms with van der Waals surface area (Å²) in [5.41, 5.74) is 2.35. The molecule has 1 aliphatic heterocycles.